The molecule has 0 atom stereocenters. The van der Waals surface area contributed by atoms with Crippen LogP contribution in [-0.2, 0) is 0 Å². The van der Waals surface area contributed by atoms with Crippen molar-refractivity contribution in [3.05, 3.63) is 431 Å². The SMILES string of the molecule is c1ccc(-c2ccc(-c3nc(-c4ccc(-c5ccc(-c6ccc(-c7ccc(-c8nc(-c9ccc(-c%10ccccc%10)cc9)nc(-c9ccc(-c%10ccc(-c%11cc%12ccccc%12c%12ccc%13ccccc%13c%11%12)cc%10)cc9)n8)cc7)cc6)cc5)cc4)nc(-c4ccc(-c5ccc(-c6ccc7ccc8c9ccccc9ccc8c7n6)cc5)cc4)n3)cc2)cc1. The van der Waals surface area contributed by atoms with Crippen molar-refractivity contribution >= 4 is 64.8 Å². The highest BCUT2D eigenvalue weighted by molar-refractivity contribution is 6.23. The summed E-state index contributed by atoms with van der Waals surface area (Å²) >= 11 is 0. The fourth-order valence-corrected chi connectivity index (χ4v) is 17.0. The lowest BCUT2D eigenvalue weighted by Crippen LogP contribution is -2.00. The van der Waals surface area contributed by atoms with E-state index in [-0.39, 0.29) is 0 Å². The van der Waals surface area contributed by atoms with Crippen LogP contribution in [0.3, 0.4) is 0 Å². The van der Waals surface area contributed by atoms with Crippen LogP contribution in [0.4, 0.5) is 0 Å². The van der Waals surface area contributed by atoms with E-state index in [1.165, 1.54) is 59.6 Å². The first-order valence-electron chi connectivity index (χ1n) is 40.6. The molecule has 0 saturated heterocycles. The molecule has 0 radical (unpaired) electrons. The largest absolute Gasteiger partial charge is 0.247 e. The van der Waals surface area contributed by atoms with E-state index >= 15 is 0 Å². The van der Waals surface area contributed by atoms with Crippen molar-refractivity contribution in [3.8, 4) is 169 Å². The molecule has 7 heteroatoms. The molecule has 0 amide bonds. The van der Waals surface area contributed by atoms with Crippen LogP contribution < -0.4 is 0 Å². The number of fused-ring (bicyclic) bond motifs is 10. The van der Waals surface area contributed by atoms with E-state index in [0.717, 1.165) is 139 Å². The van der Waals surface area contributed by atoms with Crippen LogP contribution in [0.1, 0.15) is 0 Å². The number of hydrogen-bond acceptors (Lipinski definition) is 7. The van der Waals surface area contributed by atoms with Crippen LogP contribution in [0, 0.1) is 0 Å². The van der Waals surface area contributed by atoms with Gasteiger partial charge in [0.25, 0.3) is 0 Å². The van der Waals surface area contributed by atoms with Crippen LogP contribution in [0.5, 0.6) is 0 Å². The van der Waals surface area contributed by atoms with E-state index < -0.39 is 0 Å². The Morgan fingerprint density at radius 2 is 0.367 bits per heavy atom. The van der Waals surface area contributed by atoms with Crippen molar-refractivity contribution in [2.24, 2.45) is 0 Å². The normalized spacial score (nSPS) is 11.5. The molecule has 558 valence electrons. The summed E-state index contributed by atoms with van der Waals surface area (Å²) < 4.78 is 0. The third kappa shape index (κ3) is 13.5. The van der Waals surface area contributed by atoms with Gasteiger partial charge in [-0.05, 0) is 150 Å². The molecule has 0 unspecified atom stereocenters. The molecule has 0 bridgehead atoms. The maximum absolute atomic E-state index is 5.26. The zero-order chi connectivity index (χ0) is 79.4. The maximum Gasteiger partial charge on any atom is 0.164 e. The third-order valence-electron chi connectivity index (χ3n) is 23.5. The first-order chi connectivity index (χ1) is 59.4. The van der Waals surface area contributed by atoms with Gasteiger partial charge in [0.1, 0.15) is 0 Å². The van der Waals surface area contributed by atoms with Crippen molar-refractivity contribution in [3.63, 3.8) is 0 Å². The van der Waals surface area contributed by atoms with Gasteiger partial charge >= 0.3 is 0 Å². The second kappa shape index (κ2) is 30.3. The van der Waals surface area contributed by atoms with Gasteiger partial charge < -0.3 is 0 Å². The number of rotatable bonds is 15. The second-order valence-corrected chi connectivity index (χ2v) is 30.7. The first kappa shape index (κ1) is 70.5. The lowest BCUT2D eigenvalue weighted by atomic mass is 9.89. The topological polar surface area (TPSA) is 90.2 Å². The molecule has 22 aromatic rings. The Morgan fingerprint density at radius 1 is 0.125 bits per heavy atom. The Hall–Kier alpha value is -16.1. The van der Waals surface area contributed by atoms with E-state index in [1.54, 1.807) is 0 Å². The van der Waals surface area contributed by atoms with Crippen molar-refractivity contribution in [1.82, 2.24) is 34.9 Å². The van der Waals surface area contributed by atoms with Gasteiger partial charge in [0.2, 0.25) is 0 Å². The molecule has 19 aromatic carbocycles. The highest BCUT2D eigenvalue weighted by Crippen LogP contribution is 2.42. The lowest BCUT2D eigenvalue weighted by molar-refractivity contribution is 1.07. The standard InChI is InChI=1S/C113H71N7/c1-3-13-72(14-4-1)74-35-51-91(52-36-74)108-115-110(119-112(117-108)95-59-43-84(44-60-95)80-31-47-88(48-32-80)104-71-97-19-9-11-21-99(97)102-68-63-87-18-8-12-22-100(87)106(102)104)93-55-39-82(40-56-93)78-27-23-76(24-28-78)77-25-29-79(30-26-77)83-41-57-94(58-42-83)111-116-109(92-53-37-75(38-54-92)73-15-5-2-6-16-73)118-113(120-111)96-61-45-85(46-62-96)81-33-49-89(50-34-81)105-70-66-90-65-67-101-98-20-10-7-17-86(98)64-69-103(101)107(90)114-105/h1-71H. The predicted octanol–water partition coefficient (Wildman–Crippen LogP) is 29.4. The summed E-state index contributed by atoms with van der Waals surface area (Å²) in [6, 6.07) is 153. The molecule has 3 heterocycles. The van der Waals surface area contributed by atoms with E-state index in [1.807, 2.05) is 12.1 Å². The van der Waals surface area contributed by atoms with Gasteiger partial charge in [0.15, 0.2) is 34.9 Å². The minimum absolute atomic E-state index is 0.595. The van der Waals surface area contributed by atoms with Crippen molar-refractivity contribution in [2.45, 2.75) is 0 Å². The smallest absolute Gasteiger partial charge is 0.164 e. The summed E-state index contributed by atoms with van der Waals surface area (Å²) in [6.45, 7) is 0. The molecule has 7 nitrogen and oxygen atoms in total. The van der Waals surface area contributed by atoms with Gasteiger partial charge in [-0.3, -0.25) is 0 Å². The molecule has 0 aliphatic heterocycles. The molecule has 0 saturated carbocycles. The molecule has 0 aliphatic rings. The van der Waals surface area contributed by atoms with Crippen LogP contribution in [0.2, 0.25) is 0 Å². The van der Waals surface area contributed by atoms with Gasteiger partial charge in [-0.1, -0.05) is 419 Å². The lowest BCUT2D eigenvalue weighted by Gasteiger charge is -2.14. The fourth-order valence-electron chi connectivity index (χ4n) is 17.0. The fraction of sp³-hybridized carbons (Fsp3) is 0. The van der Waals surface area contributed by atoms with E-state index in [9.17, 15) is 0 Å². The monoisotopic (exact) mass is 1530 g/mol. The molecule has 0 spiro atoms. The molecule has 120 heavy (non-hydrogen) atoms. The Morgan fingerprint density at radius 3 is 0.725 bits per heavy atom. The van der Waals surface area contributed by atoms with Crippen LogP contribution in [0.25, 0.3) is 233 Å². The number of benzene rings is 19. The van der Waals surface area contributed by atoms with E-state index in [0.29, 0.717) is 34.9 Å². The Bertz CT molecular complexity index is 7630. The van der Waals surface area contributed by atoms with Crippen LogP contribution in [0.15, 0.2) is 431 Å². The van der Waals surface area contributed by atoms with Crippen molar-refractivity contribution in [1.29, 1.82) is 0 Å². The Kier molecular flexibility index (Phi) is 17.8. The Balaban J connectivity index is 0.503. The minimum atomic E-state index is 0.595. The van der Waals surface area contributed by atoms with Crippen molar-refractivity contribution in [2.75, 3.05) is 0 Å². The zero-order valence-electron chi connectivity index (χ0n) is 65.1. The molecule has 0 N–H and O–H groups in total. The molecule has 3 aromatic heterocycles. The summed E-state index contributed by atoms with van der Waals surface area (Å²) in [6.07, 6.45) is 0. The van der Waals surface area contributed by atoms with Crippen LogP contribution in [-0.4, -0.2) is 34.9 Å². The van der Waals surface area contributed by atoms with Gasteiger partial charge in [-0.15, -0.1) is 0 Å². The second-order valence-electron chi connectivity index (χ2n) is 30.7. The molecule has 0 aliphatic carbocycles. The summed E-state index contributed by atoms with van der Waals surface area (Å²) in [5, 5.41) is 13.5. The quantitative estimate of drug-likeness (QED) is 0.0945. The summed E-state index contributed by atoms with van der Waals surface area (Å²) in [7, 11) is 0. The molecular formula is C113H71N7. The Labute approximate surface area is 694 Å². The average molecular weight is 1530 g/mol. The van der Waals surface area contributed by atoms with E-state index in [4.69, 9.17) is 34.9 Å². The average Bonchev–Trinajstić information content (AvgIpc) is 0.743. The number of nitrogens with zero attached hydrogens (tertiary/aromatic N) is 7. The molecule has 0 fully saturated rings. The minimum Gasteiger partial charge on any atom is -0.247 e. The highest BCUT2D eigenvalue weighted by Gasteiger charge is 2.20. The van der Waals surface area contributed by atoms with Gasteiger partial charge in [-0.25, -0.2) is 34.9 Å². The maximum atomic E-state index is 5.26. The van der Waals surface area contributed by atoms with E-state index in [2.05, 4.69) is 419 Å². The predicted molar refractivity (Wildman–Crippen MR) is 498 cm³/mol. The van der Waals surface area contributed by atoms with Crippen molar-refractivity contribution < 1.29 is 0 Å². The summed E-state index contributed by atoms with van der Waals surface area (Å²) in [5.41, 5.74) is 26.4. The number of aromatic nitrogens is 7. The number of hydrogen-bond donors (Lipinski definition) is 0. The zero-order valence-corrected chi connectivity index (χ0v) is 65.1. The summed E-state index contributed by atoms with van der Waals surface area (Å²) in [4.78, 5) is 36.3. The molecule has 22 rings (SSSR count). The summed E-state index contributed by atoms with van der Waals surface area (Å²) in [5.74, 6) is 3.60. The first-order valence-corrected chi connectivity index (χ1v) is 40.6. The van der Waals surface area contributed by atoms with Crippen LogP contribution >= 0.6 is 0 Å². The highest BCUT2D eigenvalue weighted by atomic mass is 15.0. The number of pyridine rings is 1. The van der Waals surface area contributed by atoms with Gasteiger partial charge in [0, 0.05) is 49.7 Å². The third-order valence-corrected chi connectivity index (χ3v) is 23.5. The van der Waals surface area contributed by atoms with Gasteiger partial charge in [-0.2, -0.15) is 0 Å². The van der Waals surface area contributed by atoms with Gasteiger partial charge in [0.05, 0.1) is 11.2 Å². The molecular weight excluding hydrogens is 1460 g/mol.